The molecule has 0 aliphatic heterocycles. The molecule has 0 saturated carbocycles. The third-order valence-corrected chi connectivity index (χ3v) is 3.32. The number of rotatable bonds is 7. The van der Waals surface area contributed by atoms with E-state index in [1.807, 2.05) is 37.3 Å². The lowest BCUT2D eigenvalue weighted by Crippen LogP contribution is -2.15. The van der Waals surface area contributed by atoms with Crippen LogP contribution in [-0.4, -0.2) is 18.5 Å². The van der Waals surface area contributed by atoms with Gasteiger partial charge in [-0.2, -0.15) is 0 Å². The maximum atomic E-state index is 12.0. The summed E-state index contributed by atoms with van der Waals surface area (Å²) in [5.41, 5.74) is 1.98. The quantitative estimate of drug-likeness (QED) is 0.624. The van der Waals surface area contributed by atoms with Gasteiger partial charge in [0.15, 0.2) is 0 Å². The summed E-state index contributed by atoms with van der Waals surface area (Å²) in [6, 6.07) is 16.3. The predicted octanol–water partition coefficient (Wildman–Crippen LogP) is 3.82. The van der Waals surface area contributed by atoms with Gasteiger partial charge in [0.2, 0.25) is 5.91 Å². The summed E-state index contributed by atoms with van der Waals surface area (Å²) in [4.78, 5) is 24.0. The Hall–Kier alpha value is -2.62. The average Bonchev–Trinajstić information content (AvgIpc) is 2.56. The molecule has 0 aliphatic rings. The number of esters is 1. The zero-order chi connectivity index (χ0) is 16.5. The molecule has 2 aromatic rings. The molecule has 1 amide bonds. The normalized spacial score (nSPS) is 10.1. The topological polar surface area (TPSA) is 55.4 Å². The highest BCUT2D eigenvalue weighted by Gasteiger charge is 2.09. The molecular weight excluding hydrogens is 290 g/mol. The zero-order valence-electron chi connectivity index (χ0n) is 13.2. The van der Waals surface area contributed by atoms with Gasteiger partial charge in [-0.3, -0.25) is 4.79 Å². The van der Waals surface area contributed by atoms with Gasteiger partial charge < -0.3 is 10.1 Å². The van der Waals surface area contributed by atoms with Gasteiger partial charge in [-0.15, -0.1) is 0 Å². The van der Waals surface area contributed by atoms with Crippen LogP contribution >= 0.6 is 0 Å². The van der Waals surface area contributed by atoms with E-state index >= 15 is 0 Å². The number of unbranched alkanes of at least 4 members (excludes halogenated alkanes) is 1. The molecule has 120 valence electrons. The van der Waals surface area contributed by atoms with Crippen molar-refractivity contribution in [3.63, 3.8) is 0 Å². The molecule has 0 unspecified atom stereocenters. The van der Waals surface area contributed by atoms with Crippen molar-refractivity contribution in [1.82, 2.24) is 0 Å². The minimum atomic E-state index is -0.363. The Balaban J connectivity index is 1.94. The van der Waals surface area contributed by atoms with E-state index in [0.717, 1.165) is 18.4 Å². The molecular formula is C19H21NO3. The van der Waals surface area contributed by atoms with Crippen LogP contribution in [0.1, 0.15) is 35.7 Å². The highest BCUT2D eigenvalue weighted by molar-refractivity contribution is 5.95. The predicted molar refractivity (Wildman–Crippen MR) is 90.4 cm³/mol. The number of carbonyl (C=O) groups is 2. The molecule has 0 heterocycles. The second-order valence-corrected chi connectivity index (χ2v) is 5.28. The number of amides is 1. The Bertz CT molecular complexity index is 653. The Morgan fingerprint density at radius 3 is 2.57 bits per heavy atom. The summed E-state index contributed by atoms with van der Waals surface area (Å²) in [5.74, 6) is -0.481. The van der Waals surface area contributed by atoms with E-state index in [2.05, 4.69) is 5.32 Å². The number of hydrogen-bond acceptors (Lipinski definition) is 3. The number of ether oxygens (including phenoxy) is 1. The van der Waals surface area contributed by atoms with Crippen molar-refractivity contribution in [2.45, 2.75) is 26.2 Å². The van der Waals surface area contributed by atoms with E-state index in [-0.39, 0.29) is 11.9 Å². The first-order valence-electron chi connectivity index (χ1n) is 7.80. The Morgan fingerprint density at radius 1 is 1.04 bits per heavy atom. The van der Waals surface area contributed by atoms with Gasteiger partial charge in [0.1, 0.15) is 0 Å². The lowest BCUT2D eigenvalue weighted by molar-refractivity contribution is -0.115. The first-order valence-corrected chi connectivity index (χ1v) is 7.80. The lowest BCUT2D eigenvalue weighted by atomic mass is 10.1. The van der Waals surface area contributed by atoms with E-state index in [1.165, 1.54) is 0 Å². The molecule has 0 aliphatic carbocycles. The fourth-order valence-electron chi connectivity index (χ4n) is 2.10. The van der Waals surface area contributed by atoms with Gasteiger partial charge >= 0.3 is 5.97 Å². The van der Waals surface area contributed by atoms with Crippen LogP contribution in [0.2, 0.25) is 0 Å². The van der Waals surface area contributed by atoms with Gasteiger partial charge in [0.25, 0.3) is 0 Å². The number of carbonyl (C=O) groups excluding carboxylic acids is 2. The van der Waals surface area contributed by atoms with Gasteiger partial charge in [-0.1, -0.05) is 49.7 Å². The summed E-state index contributed by atoms with van der Waals surface area (Å²) in [5, 5.41) is 2.81. The summed E-state index contributed by atoms with van der Waals surface area (Å²) in [6.07, 6.45) is 2.12. The molecule has 0 fully saturated rings. The van der Waals surface area contributed by atoms with Crippen molar-refractivity contribution < 1.29 is 14.3 Å². The molecule has 0 bridgehead atoms. The van der Waals surface area contributed by atoms with E-state index in [4.69, 9.17) is 4.74 Å². The number of nitrogens with one attached hydrogen (secondary N) is 1. The smallest absolute Gasteiger partial charge is 0.338 e. The summed E-state index contributed by atoms with van der Waals surface area (Å²) >= 11 is 0. The first-order chi connectivity index (χ1) is 11.2. The number of benzene rings is 2. The van der Waals surface area contributed by atoms with Gasteiger partial charge in [-0.25, -0.2) is 4.79 Å². The summed E-state index contributed by atoms with van der Waals surface area (Å²) in [6.45, 7) is 2.46. The zero-order valence-corrected chi connectivity index (χ0v) is 13.2. The van der Waals surface area contributed by atoms with Gasteiger partial charge in [0, 0.05) is 5.69 Å². The minimum Gasteiger partial charge on any atom is -0.462 e. The molecule has 1 N–H and O–H groups in total. The molecule has 2 rings (SSSR count). The molecule has 0 atom stereocenters. The summed E-state index contributed by atoms with van der Waals surface area (Å²) < 4.78 is 5.17. The summed E-state index contributed by atoms with van der Waals surface area (Å²) in [7, 11) is 0. The van der Waals surface area contributed by atoms with E-state index in [1.54, 1.807) is 24.3 Å². The fourth-order valence-corrected chi connectivity index (χ4v) is 2.10. The third kappa shape index (κ3) is 5.58. The van der Waals surface area contributed by atoms with Crippen LogP contribution in [-0.2, 0) is 16.0 Å². The lowest BCUT2D eigenvalue weighted by Gasteiger charge is -2.08. The standard InChI is InChI=1S/C19H21NO3/c1-2-3-12-23-19(22)16-10-7-11-17(14-16)20-18(21)13-15-8-5-4-6-9-15/h4-11,14H,2-3,12-13H2,1H3,(H,20,21). The average molecular weight is 311 g/mol. The Morgan fingerprint density at radius 2 is 1.83 bits per heavy atom. The van der Waals surface area contributed by atoms with Crippen LogP contribution in [0.5, 0.6) is 0 Å². The molecule has 2 aromatic carbocycles. The highest BCUT2D eigenvalue weighted by atomic mass is 16.5. The Kier molecular flexibility index (Phi) is 6.36. The molecule has 4 heteroatoms. The van der Waals surface area contributed by atoms with Crippen LogP contribution < -0.4 is 5.32 Å². The van der Waals surface area contributed by atoms with Gasteiger partial charge in [0.05, 0.1) is 18.6 Å². The molecule has 0 radical (unpaired) electrons. The van der Waals surface area contributed by atoms with Crippen molar-refractivity contribution in [2.24, 2.45) is 0 Å². The van der Waals surface area contributed by atoms with Crippen molar-refractivity contribution >= 4 is 17.6 Å². The van der Waals surface area contributed by atoms with Crippen LogP contribution in [0.25, 0.3) is 0 Å². The monoisotopic (exact) mass is 311 g/mol. The largest absolute Gasteiger partial charge is 0.462 e. The van der Waals surface area contributed by atoms with Crippen molar-refractivity contribution in [3.05, 3.63) is 65.7 Å². The van der Waals surface area contributed by atoms with E-state index in [9.17, 15) is 9.59 Å². The molecule has 0 saturated heterocycles. The molecule has 23 heavy (non-hydrogen) atoms. The fraction of sp³-hybridized carbons (Fsp3) is 0.263. The van der Waals surface area contributed by atoms with Crippen molar-refractivity contribution in [1.29, 1.82) is 0 Å². The van der Waals surface area contributed by atoms with Crippen LogP contribution in [0.3, 0.4) is 0 Å². The number of anilines is 1. The van der Waals surface area contributed by atoms with Crippen LogP contribution in [0.15, 0.2) is 54.6 Å². The SMILES string of the molecule is CCCCOC(=O)c1cccc(NC(=O)Cc2ccccc2)c1. The molecule has 0 aromatic heterocycles. The Labute approximate surface area is 136 Å². The van der Waals surface area contributed by atoms with Crippen molar-refractivity contribution in [3.8, 4) is 0 Å². The van der Waals surface area contributed by atoms with E-state index in [0.29, 0.717) is 24.3 Å². The van der Waals surface area contributed by atoms with Crippen LogP contribution in [0, 0.1) is 0 Å². The third-order valence-electron chi connectivity index (χ3n) is 3.32. The number of hydrogen-bond donors (Lipinski definition) is 1. The maximum absolute atomic E-state index is 12.0. The maximum Gasteiger partial charge on any atom is 0.338 e. The molecule has 4 nitrogen and oxygen atoms in total. The second-order valence-electron chi connectivity index (χ2n) is 5.28. The van der Waals surface area contributed by atoms with Crippen molar-refractivity contribution in [2.75, 3.05) is 11.9 Å². The van der Waals surface area contributed by atoms with E-state index < -0.39 is 0 Å². The van der Waals surface area contributed by atoms with Gasteiger partial charge in [-0.05, 0) is 30.2 Å². The first kappa shape index (κ1) is 16.7. The van der Waals surface area contributed by atoms with Crippen LogP contribution in [0.4, 0.5) is 5.69 Å². The highest BCUT2D eigenvalue weighted by Crippen LogP contribution is 2.13. The molecule has 0 spiro atoms. The second kappa shape index (κ2) is 8.73. The minimum absolute atomic E-state index is 0.118.